The van der Waals surface area contributed by atoms with E-state index < -0.39 is 5.97 Å². The summed E-state index contributed by atoms with van der Waals surface area (Å²) >= 11 is 6.14. The molecule has 5 heteroatoms. The Balaban J connectivity index is 2.60. The molecule has 0 aromatic carbocycles. The first-order chi connectivity index (χ1) is 8.13. The number of hydrogen-bond donors (Lipinski definition) is 0. The van der Waals surface area contributed by atoms with Crippen molar-refractivity contribution >= 4 is 28.6 Å². The lowest BCUT2D eigenvalue weighted by Crippen LogP contribution is -2.06. The Morgan fingerprint density at radius 1 is 1.47 bits per heavy atom. The molecule has 0 aliphatic carbocycles. The number of carbonyl (C=O) groups excluding carboxylic acids is 1. The van der Waals surface area contributed by atoms with Crippen LogP contribution in [0.2, 0.25) is 5.02 Å². The second-order valence-electron chi connectivity index (χ2n) is 3.53. The van der Waals surface area contributed by atoms with Crippen LogP contribution in [0, 0.1) is 6.92 Å². The van der Waals surface area contributed by atoms with Gasteiger partial charge in [0.1, 0.15) is 5.52 Å². The first kappa shape index (κ1) is 11.8. The van der Waals surface area contributed by atoms with Crippen LogP contribution in [-0.2, 0) is 4.74 Å². The fraction of sp³-hybridized carbons (Fsp3) is 0.250. The lowest BCUT2D eigenvalue weighted by atomic mass is 10.2. The average Bonchev–Trinajstić information content (AvgIpc) is 2.30. The van der Waals surface area contributed by atoms with Gasteiger partial charge in [-0.2, -0.15) is 0 Å². The van der Waals surface area contributed by atoms with Crippen molar-refractivity contribution < 1.29 is 9.53 Å². The molecule has 0 fully saturated rings. The first-order valence-corrected chi connectivity index (χ1v) is 5.60. The van der Waals surface area contributed by atoms with Crippen LogP contribution in [0.5, 0.6) is 0 Å². The number of esters is 1. The van der Waals surface area contributed by atoms with Gasteiger partial charge in [-0.1, -0.05) is 11.6 Å². The summed E-state index contributed by atoms with van der Waals surface area (Å²) in [7, 11) is 0. The second kappa shape index (κ2) is 4.67. The quantitative estimate of drug-likeness (QED) is 0.769. The molecule has 2 aromatic heterocycles. The summed E-state index contributed by atoms with van der Waals surface area (Å²) in [5.41, 5.74) is 2.26. The molecule has 2 aromatic rings. The zero-order valence-corrected chi connectivity index (χ0v) is 10.3. The van der Waals surface area contributed by atoms with E-state index in [0.717, 1.165) is 5.69 Å². The Labute approximate surface area is 104 Å². The van der Waals surface area contributed by atoms with Gasteiger partial charge in [-0.05, 0) is 26.0 Å². The smallest absolute Gasteiger partial charge is 0.341 e. The van der Waals surface area contributed by atoms with Crippen molar-refractivity contribution in [2.75, 3.05) is 6.61 Å². The first-order valence-electron chi connectivity index (χ1n) is 5.22. The Hall–Kier alpha value is -1.68. The topological polar surface area (TPSA) is 52.1 Å². The molecular formula is C12H11ClN2O2. The number of fused-ring (bicyclic) bond motifs is 1. The van der Waals surface area contributed by atoms with Gasteiger partial charge in [0.05, 0.1) is 22.7 Å². The monoisotopic (exact) mass is 250 g/mol. The fourth-order valence-corrected chi connectivity index (χ4v) is 1.75. The summed E-state index contributed by atoms with van der Waals surface area (Å²) < 4.78 is 4.90. The maximum absolute atomic E-state index is 11.6. The lowest BCUT2D eigenvalue weighted by Gasteiger charge is -2.06. The highest BCUT2D eigenvalue weighted by atomic mass is 35.5. The third-order valence-electron chi connectivity index (χ3n) is 2.29. The average molecular weight is 251 g/mol. The van der Waals surface area contributed by atoms with Crippen molar-refractivity contribution in [2.24, 2.45) is 0 Å². The summed E-state index contributed by atoms with van der Waals surface area (Å²) in [5.74, 6) is -0.477. The molecule has 0 unspecified atom stereocenters. The largest absolute Gasteiger partial charge is 0.462 e. The number of nitrogens with zero attached hydrogens (tertiary/aromatic N) is 2. The van der Waals surface area contributed by atoms with Crippen LogP contribution in [0.1, 0.15) is 23.0 Å². The minimum absolute atomic E-state index is 0.249. The van der Waals surface area contributed by atoms with Crippen LogP contribution in [0.4, 0.5) is 0 Å². The Kier molecular flexibility index (Phi) is 3.24. The highest BCUT2D eigenvalue weighted by molar-refractivity contribution is 6.37. The molecule has 0 aliphatic heterocycles. The van der Waals surface area contributed by atoms with Gasteiger partial charge in [-0.3, -0.25) is 4.98 Å². The van der Waals surface area contributed by atoms with Gasteiger partial charge in [0.15, 0.2) is 0 Å². The zero-order valence-electron chi connectivity index (χ0n) is 9.53. The third kappa shape index (κ3) is 2.22. The van der Waals surface area contributed by atoms with Gasteiger partial charge >= 0.3 is 5.97 Å². The minimum atomic E-state index is -0.477. The molecule has 0 saturated carbocycles. The van der Waals surface area contributed by atoms with E-state index in [1.165, 1.54) is 6.20 Å². The molecule has 0 aliphatic rings. The number of pyridine rings is 2. The standard InChI is InChI=1S/C12H11ClN2O2/c1-3-17-12(16)8-6-14-9-5-4-7(2)15-11(9)10(8)13/h4-6H,3H2,1-2H3. The summed E-state index contributed by atoms with van der Waals surface area (Å²) in [6.45, 7) is 3.89. The van der Waals surface area contributed by atoms with Crippen LogP contribution >= 0.6 is 11.6 Å². The van der Waals surface area contributed by atoms with Crippen molar-refractivity contribution in [1.82, 2.24) is 9.97 Å². The van der Waals surface area contributed by atoms with Gasteiger partial charge in [0, 0.05) is 11.9 Å². The van der Waals surface area contributed by atoms with E-state index in [0.29, 0.717) is 17.6 Å². The van der Waals surface area contributed by atoms with E-state index in [4.69, 9.17) is 16.3 Å². The van der Waals surface area contributed by atoms with Gasteiger partial charge < -0.3 is 4.74 Å². The van der Waals surface area contributed by atoms with Crippen LogP contribution in [0.3, 0.4) is 0 Å². The van der Waals surface area contributed by atoms with Gasteiger partial charge in [-0.25, -0.2) is 9.78 Å². The van der Waals surface area contributed by atoms with Crippen LogP contribution in [0.25, 0.3) is 11.0 Å². The van der Waals surface area contributed by atoms with Crippen LogP contribution in [-0.4, -0.2) is 22.5 Å². The van der Waals surface area contributed by atoms with E-state index in [1.54, 1.807) is 6.92 Å². The van der Waals surface area contributed by atoms with Crippen LogP contribution < -0.4 is 0 Å². The molecule has 0 saturated heterocycles. The van der Waals surface area contributed by atoms with E-state index in [2.05, 4.69) is 9.97 Å². The molecule has 0 N–H and O–H groups in total. The van der Waals surface area contributed by atoms with E-state index in [-0.39, 0.29) is 10.6 Å². The number of rotatable bonds is 2. The second-order valence-corrected chi connectivity index (χ2v) is 3.90. The molecule has 0 atom stereocenters. The Morgan fingerprint density at radius 2 is 2.24 bits per heavy atom. The van der Waals surface area contributed by atoms with E-state index in [9.17, 15) is 4.79 Å². The number of carbonyl (C=O) groups is 1. The highest BCUT2D eigenvalue weighted by Crippen LogP contribution is 2.24. The maximum atomic E-state index is 11.6. The summed E-state index contributed by atoms with van der Waals surface area (Å²) in [4.78, 5) is 20.0. The van der Waals surface area contributed by atoms with E-state index >= 15 is 0 Å². The van der Waals surface area contributed by atoms with Gasteiger partial charge in [0.25, 0.3) is 0 Å². The van der Waals surface area contributed by atoms with E-state index in [1.807, 2.05) is 19.1 Å². The number of halogens is 1. The molecule has 17 heavy (non-hydrogen) atoms. The molecule has 2 heterocycles. The third-order valence-corrected chi connectivity index (χ3v) is 2.67. The van der Waals surface area contributed by atoms with Crippen molar-refractivity contribution in [1.29, 1.82) is 0 Å². The van der Waals surface area contributed by atoms with Crippen molar-refractivity contribution in [3.63, 3.8) is 0 Å². The Morgan fingerprint density at radius 3 is 2.94 bits per heavy atom. The van der Waals surface area contributed by atoms with Crippen molar-refractivity contribution in [3.05, 3.63) is 34.6 Å². The molecule has 88 valence electrons. The number of aryl methyl sites for hydroxylation is 1. The predicted octanol–water partition coefficient (Wildman–Crippen LogP) is 2.77. The molecular weight excluding hydrogens is 240 g/mol. The molecule has 0 spiro atoms. The van der Waals surface area contributed by atoms with Gasteiger partial charge in [-0.15, -0.1) is 0 Å². The fourth-order valence-electron chi connectivity index (χ4n) is 1.48. The van der Waals surface area contributed by atoms with Crippen molar-refractivity contribution in [2.45, 2.75) is 13.8 Å². The number of aromatic nitrogens is 2. The molecule has 2 rings (SSSR count). The SMILES string of the molecule is CCOC(=O)c1cnc2ccc(C)nc2c1Cl. The minimum Gasteiger partial charge on any atom is -0.462 e. The zero-order chi connectivity index (χ0) is 12.4. The molecule has 0 bridgehead atoms. The van der Waals surface area contributed by atoms with Crippen molar-refractivity contribution in [3.8, 4) is 0 Å². The lowest BCUT2D eigenvalue weighted by molar-refractivity contribution is 0.0526. The van der Waals surface area contributed by atoms with Gasteiger partial charge in [0.2, 0.25) is 0 Å². The Bertz CT molecular complexity index is 584. The molecule has 0 amide bonds. The summed E-state index contributed by atoms with van der Waals surface area (Å²) in [5, 5.41) is 0.289. The predicted molar refractivity (Wildman–Crippen MR) is 65.2 cm³/mol. The number of hydrogen-bond acceptors (Lipinski definition) is 4. The molecule has 0 radical (unpaired) electrons. The number of ether oxygens (including phenoxy) is 1. The normalized spacial score (nSPS) is 10.5. The maximum Gasteiger partial charge on any atom is 0.341 e. The molecule has 4 nitrogen and oxygen atoms in total. The highest BCUT2D eigenvalue weighted by Gasteiger charge is 2.15. The summed E-state index contributed by atoms with van der Waals surface area (Å²) in [6.07, 6.45) is 1.42. The summed E-state index contributed by atoms with van der Waals surface area (Å²) in [6, 6.07) is 3.66. The van der Waals surface area contributed by atoms with Crippen LogP contribution in [0.15, 0.2) is 18.3 Å².